The van der Waals surface area contributed by atoms with Gasteiger partial charge in [-0.3, -0.25) is 9.59 Å². The SMILES string of the molecule is CC(=O)c1ccc(NC(=O)[C@H](C)Sc2ccc3c(c2)OCCCO3)cc1. The number of thioether (sulfide) groups is 1. The van der Waals surface area contributed by atoms with E-state index in [9.17, 15) is 9.59 Å². The first kappa shape index (κ1) is 18.3. The number of carbonyl (C=O) groups is 2. The Bertz CT molecular complexity index is 804. The highest BCUT2D eigenvalue weighted by molar-refractivity contribution is 8.00. The Balaban J connectivity index is 1.62. The van der Waals surface area contributed by atoms with Crippen LogP contribution in [0.3, 0.4) is 0 Å². The molecule has 0 saturated heterocycles. The van der Waals surface area contributed by atoms with E-state index in [1.54, 1.807) is 24.3 Å². The van der Waals surface area contributed by atoms with Gasteiger partial charge in [-0.15, -0.1) is 11.8 Å². The van der Waals surface area contributed by atoms with Gasteiger partial charge in [0.05, 0.1) is 18.5 Å². The zero-order chi connectivity index (χ0) is 18.5. The summed E-state index contributed by atoms with van der Waals surface area (Å²) < 4.78 is 11.3. The first-order chi connectivity index (χ1) is 12.5. The standard InChI is InChI=1S/C20H21NO4S/c1-13(22)15-4-6-16(7-5-15)21-20(23)14(2)26-17-8-9-18-19(12-17)25-11-3-10-24-18/h4-9,12,14H,3,10-11H2,1-2H3,(H,21,23)/t14-/m0/s1. The Labute approximate surface area is 157 Å². The third-order valence-corrected chi connectivity index (χ3v) is 5.05. The number of amides is 1. The van der Waals surface area contributed by atoms with Crippen molar-refractivity contribution in [3.8, 4) is 11.5 Å². The average molecular weight is 371 g/mol. The fraction of sp³-hybridized carbons (Fsp3) is 0.300. The van der Waals surface area contributed by atoms with E-state index in [2.05, 4.69) is 5.32 Å². The molecule has 136 valence electrons. The van der Waals surface area contributed by atoms with Gasteiger partial charge in [-0.2, -0.15) is 0 Å². The number of nitrogens with one attached hydrogen (secondary N) is 1. The van der Waals surface area contributed by atoms with Crippen LogP contribution in [0, 0.1) is 0 Å². The Hall–Kier alpha value is -2.47. The highest BCUT2D eigenvalue weighted by Gasteiger charge is 2.17. The van der Waals surface area contributed by atoms with E-state index in [4.69, 9.17) is 9.47 Å². The van der Waals surface area contributed by atoms with E-state index < -0.39 is 0 Å². The molecular weight excluding hydrogens is 350 g/mol. The van der Waals surface area contributed by atoms with Gasteiger partial charge in [0.2, 0.25) is 5.91 Å². The van der Waals surface area contributed by atoms with Crippen molar-refractivity contribution in [3.05, 3.63) is 48.0 Å². The number of hydrogen-bond acceptors (Lipinski definition) is 5. The Morgan fingerprint density at radius 3 is 2.42 bits per heavy atom. The van der Waals surface area contributed by atoms with Gasteiger partial charge in [-0.05, 0) is 56.3 Å². The van der Waals surface area contributed by atoms with Crippen LogP contribution < -0.4 is 14.8 Å². The van der Waals surface area contributed by atoms with E-state index in [1.807, 2.05) is 25.1 Å². The van der Waals surface area contributed by atoms with Gasteiger partial charge in [-0.1, -0.05) is 0 Å². The molecule has 1 atom stereocenters. The molecule has 3 rings (SSSR count). The van der Waals surface area contributed by atoms with Gasteiger partial charge in [0.1, 0.15) is 0 Å². The first-order valence-corrected chi connectivity index (χ1v) is 9.39. The molecule has 2 aromatic rings. The number of hydrogen-bond donors (Lipinski definition) is 1. The number of benzene rings is 2. The molecular formula is C20H21NO4S. The van der Waals surface area contributed by atoms with Gasteiger partial charge in [0.25, 0.3) is 0 Å². The molecule has 0 saturated carbocycles. The number of anilines is 1. The van der Waals surface area contributed by atoms with Crippen LogP contribution in [0.25, 0.3) is 0 Å². The summed E-state index contributed by atoms with van der Waals surface area (Å²) >= 11 is 1.46. The van der Waals surface area contributed by atoms with Crippen molar-refractivity contribution in [3.63, 3.8) is 0 Å². The van der Waals surface area contributed by atoms with Crippen molar-refractivity contribution in [2.24, 2.45) is 0 Å². The van der Waals surface area contributed by atoms with Crippen LogP contribution in [-0.2, 0) is 4.79 Å². The largest absolute Gasteiger partial charge is 0.490 e. The second-order valence-corrected chi connectivity index (χ2v) is 7.46. The predicted molar refractivity (Wildman–Crippen MR) is 102 cm³/mol. The summed E-state index contributed by atoms with van der Waals surface area (Å²) in [6.07, 6.45) is 0.860. The number of rotatable bonds is 5. The zero-order valence-corrected chi connectivity index (χ0v) is 15.6. The van der Waals surface area contributed by atoms with E-state index in [1.165, 1.54) is 18.7 Å². The van der Waals surface area contributed by atoms with E-state index in [0.29, 0.717) is 24.5 Å². The Morgan fingerprint density at radius 2 is 1.73 bits per heavy atom. The van der Waals surface area contributed by atoms with Crippen molar-refractivity contribution in [1.82, 2.24) is 0 Å². The number of ether oxygens (including phenoxy) is 2. The quantitative estimate of drug-likeness (QED) is 0.631. The fourth-order valence-electron chi connectivity index (χ4n) is 2.51. The van der Waals surface area contributed by atoms with Crippen LogP contribution in [0.2, 0.25) is 0 Å². The summed E-state index contributed by atoms with van der Waals surface area (Å²) in [5.41, 5.74) is 1.30. The molecule has 0 spiro atoms. The maximum atomic E-state index is 12.4. The molecule has 0 aromatic heterocycles. The van der Waals surface area contributed by atoms with Crippen LogP contribution in [-0.4, -0.2) is 30.2 Å². The third kappa shape index (κ3) is 4.58. The van der Waals surface area contributed by atoms with Gasteiger partial charge < -0.3 is 14.8 Å². The third-order valence-electron chi connectivity index (χ3n) is 3.96. The number of ketones is 1. The van der Waals surface area contributed by atoms with Gasteiger partial charge in [-0.25, -0.2) is 0 Å². The van der Waals surface area contributed by atoms with Crippen LogP contribution in [0.4, 0.5) is 5.69 Å². The van der Waals surface area contributed by atoms with Crippen molar-refractivity contribution < 1.29 is 19.1 Å². The maximum absolute atomic E-state index is 12.4. The Kier molecular flexibility index (Phi) is 5.83. The zero-order valence-electron chi connectivity index (χ0n) is 14.8. The van der Waals surface area contributed by atoms with E-state index in [0.717, 1.165) is 22.8 Å². The summed E-state index contributed by atoms with van der Waals surface area (Å²) in [6.45, 7) is 4.66. The normalized spacial score (nSPS) is 14.2. The number of fused-ring (bicyclic) bond motifs is 1. The summed E-state index contributed by atoms with van der Waals surface area (Å²) in [4.78, 5) is 24.7. The van der Waals surface area contributed by atoms with Crippen molar-refractivity contribution in [2.45, 2.75) is 30.4 Å². The summed E-state index contributed by atoms with van der Waals surface area (Å²) in [6, 6.07) is 12.6. The highest BCUT2D eigenvalue weighted by Crippen LogP contribution is 2.35. The molecule has 1 amide bonds. The van der Waals surface area contributed by atoms with Gasteiger partial charge >= 0.3 is 0 Å². The van der Waals surface area contributed by atoms with Gasteiger partial charge in [0.15, 0.2) is 17.3 Å². The van der Waals surface area contributed by atoms with Gasteiger partial charge in [0, 0.05) is 22.6 Å². The molecule has 1 aliphatic heterocycles. The first-order valence-electron chi connectivity index (χ1n) is 8.51. The highest BCUT2D eigenvalue weighted by atomic mass is 32.2. The minimum absolute atomic E-state index is 0.00112. The summed E-state index contributed by atoms with van der Waals surface area (Å²) in [7, 11) is 0. The lowest BCUT2D eigenvalue weighted by molar-refractivity contribution is -0.115. The second-order valence-electron chi connectivity index (χ2n) is 6.04. The topological polar surface area (TPSA) is 64.6 Å². The summed E-state index contributed by atoms with van der Waals surface area (Å²) in [5, 5.41) is 2.59. The molecule has 1 heterocycles. The molecule has 1 aliphatic rings. The lowest BCUT2D eigenvalue weighted by Gasteiger charge is -2.14. The van der Waals surface area contributed by atoms with Crippen molar-refractivity contribution in [2.75, 3.05) is 18.5 Å². The minimum atomic E-state index is -0.285. The molecule has 0 bridgehead atoms. The van der Waals surface area contributed by atoms with Crippen molar-refractivity contribution >= 4 is 29.1 Å². The molecule has 6 heteroatoms. The summed E-state index contributed by atoms with van der Waals surface area (Å²) in [5.74, 6) is 1.37. The molecule has 2 aromatic carbocycles. The maximum Gasteiger partial charge on any atom is 0.237 e. The molecule has 5 nitrogen and oxygen atoms in total. The van der Waals surface area contributed by atoms with Crippen LogP contribution in [0.5, 0.6) is 11.5 Å². The Morgan fingerprint density at radius 1 is 1.04 bits per heavy atom. The number of carbonyl (C=O) groups excluding carboxylic acids is 2. The monoisotopic (exact) mass is 371 g/mol. The smallest absolute Gasteiger partial charge is 0.237 e. The van der Waals surface area contributed by atoms with Crippen LogP contribution >= 0.6 is 11.8 Å². The lowest BCUT2D eigenvalue weighted by Crippen LogP contribution is -2.22. The molecule has 0 fully saturated rings. The molecule has 0 radical (unpaired) electrons. The van der Waals surface area contributed by atoms with E-state index >= 15 is 0 Å². The predicted octanol–water partition coefficient (Wildman–Crippen LogP) is 4.17. The van der Waals surface area contributed by atoms with E-state index in [-0.39, 0.29) is 16.9 Å². The van der Waals surface area contributed by atoms with Crippen LogP contribution in [0.1, 0.15) is 30.6 Å². The molecule has 0 aliphatic carbocycles. The minimum Gasteiger partial charge on any atom is -0.490 e. The lowest BCUT2D eigenvalue weighted by atomic mass is 10.1. The molecule has 0 unspecified atom stereocenters. The molecule has 1 N–H and O–H groups in total. The van der Waals surface area contributed by atoms with Crippen molar-refractivity contribution in [1.29, 1.82) is 0 Å². The molecule has 26 heavy (non-hydrogen) atoms. The fourth-order valence-corrected chi connectivity index (χ4v) is 3.40. The number of Topliss-reactive ketones (excluding diaryl/α,β-unsaturated/α-hetero) is 1. The van der Waals surface area contributed by atoms with Crippen LogP contribution in [0.15, 0.2) is 47.4 Å². The second kappa shape index (κ2) is 8.27. The average Bonchev–Trinajstić information content (AvgIpc) is 2.87.